The van der Waals surface area contributed by atoms with Crippen molar-refractivity contribution in [3.05, 3.63) is 176 Å². The van der Waals surface area contributed by atoms with Gasteiger partial charge in [-0.25, -0.2) is 15.0 Å². The van der Waals surface area contributed by atoms with Crippen LogP contribution in [-0.2, 0) is 0 Å². The molecule has 0 spiro atoms. The Morgan fingerprint density at radius 2 is 0.776 bits per heavy atom. The molecule has 9 aromatic rings. The molecule has 0 atom stereocenters. The maximum atomic E-state index is 4.98. The number of aromatic nitrogens is 5. The zero-order valence-corrected chi connectivity index (χ0v) is 26.5. The van der Waals surface area contributed by atoms with E-state index in [4.69, 9.17) is 15.0 Å². The monoisotopic (exact) mass is 627 g/mol. The summed E-state index contributed by atoms with van der Waals surface area (Å²) in [6, 6.07) is 56.8. The fourth-order valence-electron chi connectivity index (χ4n) is 6.53. The molecule has 9 rings (SSSR count). The second-order valence-corrected chi connectivity index (χ2v) is 12.0. The molecule has 0 N–H and O–H groups in total. The first kappa shape index (κ1) is 28.5. The molecular weight excluding hydrogens is 599 g/mol. The van der Waals surface area contributed by atoms with Crippen LogP contribution < -0.4 is 0 Å². The van der Waals surface area contributed by atoms with Crippen LogP contribution in [0.25, 0.3) is 83.9 Å². The number of benzene rings is 6. The summed E-state index contributed by atoms with van der Waals surface area (Å²) in [5.74, 6) is 1.91. The van der Waals surface area contributed by atoms with E-state index in [1.165, 1.54) is 21.8 Å². The molecule has 0 bridgehead atoms. The zero-order valence-electron chi connectivity index (χ0n) is 26.5. The quantitative estimate of drug-likeness (QED) is 0.184. The number of nitrogens with zero attached hydrogens (tertiary/aromatic N) is 5. The van der Waals surface area contributed by atoms with Gasteiger partial charge in [0.05, 0.1) is 11.0 Å². The van der Waals surface area contributed by atoms with Crippen LogP contribution in [0.3, 0.4) is 0 Å². The Balaban J connectivity index is 1.10. The van der Waals surface area contributed by atoms with Gasteiger partial charge in [0.1, 0.15) is 0 Å². The van der Waals surface area contributed by atoms with Crippen LogP contribution in [0.1, 0.15) is 0 Å². The maximum absolute atomic E-state index is 4.98. The molecule has 0 aliphatic heterocycles. The lowest BCUT2D eigenvalue weighted by Crippen LogP contribution is -2.00. The highest BCUT2D eigenvalue weighted by Crippen LogP contribution is 2.35. The minimum atomic E-state index is 0.634. The number of pyridine rings is 1. The van der Waals surface area contributed by atoms with Gasteiger partial charge in [0, 0.05) is 45.5 Å². The molecule has 0 unspecified atom stereocenters. The summed E-state index contributed by atoms with van der Waals surface area (Å²) < 4.78 is 2.34. The summed E-state index contributed by atoms with van der Waals surface area (Å²) >= 11 is 0. The second kappa shape index (κ2) is 12.1. The minimum Gasteiger partial charge on any atom is -0.309 e. The first-order valence-corrected chi connectivity index (χ1v) is 16.3. The van der Waals surface area contributed by atoms with Gasteiger partial charge in [-0.05, 0) is 64.7 Å². The summed E-state index contributed by atoms with van der Waals surface area (Å²) in [6.07, 6.45) is 3.61. The third-order valence-corrected chi connectivity index (χ3v) is 8.99. The first-order chi connectivity index (χ1) is 24.3. The van der Waals surface area contributed by atoms with Gasteiger partial charge < -0.3 is 4.57 Å². The molecule has 0 fully saturated rings. The van der Waals surface area contributed by atoms with Crippen molar-refractivity contribution in [1.29, 1.82) is 0 Å². The predicted molar refractivity (Wildman–Crippen MR) is 199 cm³/mol. The number of fused-ring (bicyclic) bond motifs is 3. The van der Waals surface area contributed by atoms with Crippen LogP contribution in [0, 0.1) is 0 Å². The van der Waals surface area contributed by atoms with Crippen LogP contribution in [0.2, 0.25) is 0 Å². The largest absolute Gasteiger partial charge is 0.309 e. The Morgan fingerprint density at radius 3 is 1.41 bits per heavy atom. The number of para-hydroxylation sites is 2. The predicted octanol–water partition coefficient (Wildman–Crippen LogP) is 10.7. The van der Waals surface area contributed by atoms with Gasteiger partial charge >= 0.3 is 0 Å². The topological polar surface area (TPSA) is 56.5 Å². The van der Waals surface area contributed by atoms with E-state index in [2.05, 4.69) is 131 Å². The van der Waals surface area contributed by atoms with E-state index >= 15 is 0 Å². The lowest BCUT2D eigenvalue weighted by Gasteiger charge is -2.10. The van der Waals surface area contributed by atoms with Crippen molar-refractivity contribution in [3.63, 3.8) is 0 Å². The van der Waals surface area contributed by atoms with Crippen molar-refractivity contribution in [1.82, 2.24) is 24.5 Å². The van der Waals surface area contributed by atoms with Gasteiger partial charge in [0.2, 0.25) is 0 Å². The van der Waals surface area contributed by atoms with Gasteiger partial charge in [-0.15, -0.1) is 0 Å². The van der Waals surface area contributed by atoms with E-state index in [1.54, 1.807) is 0 Å². The maximum Gasteiger partial charge on any atom is 0.164 e. The summed E-state index contributed by atoms with van der Waals surface area (Å²) in [6.45, 7) is 0. The molecule has 0 saturated carbocycles. The van der Waals surface area contributed by atoms with Crippen LogP contribution in [0.5, 0.6) is 0 Å². The van der Waals surface area contributed by atoms with Crippen molar-refractivity contribution in [3.8, 4) is 62.1 Å². The SMILES string of the molecule is c1ccc(-c2nc(-c3ccc(-c4ccncc4)cc3)nc(-c3ccc(-c4ccc5c(c4)c4ccccc4n5-c4ccccc4)cc3)n2)cc1. The average molecular weight is 628 g/mol. The summed E-state index contributed by atoms with van der Waals surface area (Å²) in [4.78, 5) is 19.0. The zero-order chi connectivity index (χ0) is 32.6. The number of hydrogen-bond acceptors (Lipinski definition) is 4. The molecule has 3 heterocycles. The van der Waals surface area contributed by atoms with Crippen molar-refractivity contribution < 1.29 is 0 Å². The normalized spacial score (nSPS) is 11.3. The molecule has 0 aliphatic carbocycles. The van der Waals surface area contributed by atoms with Crippen molar-refractivity contribution >= 4 is 21.8 Å². The van der Waals surface area contributed by atoms with Crippen molar-refractivity contribution in [2.45, 2.75) is 0 Å². The van der Waals surface area contributed by atoms with Gasteiger partial charge in [-0.3, -0.25) is 4.98 Å². The van der Waals surface area contributed by atoms with Crippen LogP contribution >= 0.6 is 0 Å². The molecule has 49 heavy (non-hydrogen) atoms. The fourth-order valence-corrected chi connectivity index (χ4v) is 6.53. The van der Waals surface area contributed by atoms with Gasteiger partial charge in [0.25, 0.3) is 0 Å². The van der Waals surface area contributed by atoms with Crippen molar-refractivity contribution in [2.24, 2.45) is 0 Å². The van der Waals surface area contributed by atoms with E-state index in [9.17, 15) is 0 Å². The molecule has 3 aromatic heterocycles. The summed E-state index contributed by atoms with van der Waals surface area (Å²) in [5, 5.41) is 2.46. The highest BCUT2D eigenvalue weighted by atomic mass is 15.0. The number of rotatable bonds is 6. The number of hydrogen-bond donors (Lipinski definition) is 0. The molecule has 5 nitrogen and oxygen atoms in total. The highest BCUT2D eigenvalue weighted by molar-refractivity contribution is 6.10. The minimum absolute atomic E-state index is 0.634. The summed E-state index contributed by atoms with van der Waals surface area (Å²) in [7, 11) is 0. The summed E-state index contributed by atoms with van der Waals surface area (Å²) in [5.41, 5.74) is 10.9. The highest BCUT2D eigenvalue weighted by Gasteiger charge is 2.15. The fraction of sp³-hybridized carbons (Fsp3) is 0. The van der Waals surface area contributed by atoms with E-state index in [1.807, 2.05) is 54.9 Å². The van der Waals surface area contributed by atoms with Crippen LogP contribution in [-0.4, -0.2) is 24.5 Å². The third-order valence-electron chi connectivity index (χ3n) is 8.99. The Bertz CT molecular complexity index is 2560. The third kappa shape index (κ3) is 5.33. The molecule has 6 aromatic carbocycles. The lowest BCUT2D eigenvalue weighted by atomic mass is 10.0. The average Bonchev–Trinajstić information content (AvgIpc) is 3.52. The smallest absolute Gasteiger partial charge is 0.164 e. The Hall–Kier alpha value is -6.72. The molecule has 0 amide bonds. The Labute approximate surface area is 283 Å². The van der Waals surface area contributed by atoms with Gasteiger partial charge in [-0.1, -0.05) is 121 Å². The van der Waals surface area contributed by atoms with E-state index < -0.39 is 0 Å². The molecule has 5 heteroatoms. The van der Waals surface area contributed by atoms with E-state index in [0.717, 1.165) is 44.6 Å². The molecule has 230 valence electrons. The Kier molecular flexibility index (Phi) is 7.06. The molecule has 0 saturated heterocycles. The van der Waals surface area contributed by atoms with Gasteiger partial charge in [0.15, 0.2) is 17.5 Å². The van der Waals surface area contributed by atoms with Gasteiger partial charge in [-0.2, -0.15) is 0 Å². The second-order valence-electron chi connectivity index (χ2n) is 12.0. The van der Waals surface area contributed by atoms with Crippen LogP contribution in [0.4, 0.5) is 0 Å². The lowest BCUT2D eigenvalue weighted by molar-refractivity contribution is 1.07. The van der Waals surface area contributed by atoms with E-state index in [-0.39, 0.29) is 0 Å². The molecular formula is C44H29N5. The Morgan fingerprint density at radius 1 is 0.327 bits per heavy atom. The molecule has 0 radical (unpaired) electrons. The first-order valence-electron chi connectivity index (χ1n) is 16.3. The standard InChI is InChI=1S/C44H29N5/c1-3-9-33(10-4-1)42-46-43(34-19-15-30(16-20-34)32-25-27-45-28-26-32)48-44(47-42)35-21-17-31(18-22-35)36-23-24-41-39(29-36)38-13-7-8-14-40(38)49(41)37-11-5-2-6-12-37/h1-29H. The van der Waals surface area contributed by atoms with Crippen molar-refractivity contribution in [2.75, 3.05) is 0 Å². The van der Waals surface area contributed by atoms with Crippen LogP contribution in [0.15, 0.2) is 176 Å². The van der Waals surface area contributed by atoms with E-state index in [0.29, 0.717) is 17.5 Å². The molecule has 0 aliphatic rings.